The summed E-state index contributed by atoms with van der Waals surface area (Å²) in [4.78, 5) is 4.03. The van der Waals surface area contributed by atoms with Crippen LogP contribution in [0.2, 0.25) is 5.28 Å². The van der Waals surface area contributed by atoms with Crippen molar-refractivity contribution in [3.63, 3.8) is 0 Å². The molecule has 0 radical (unpaired) electrons. The first-order valence-electron chi connectivity index (χ1n) is 3.88. The topological polar surface area (TPSA) is 35.0 Å². The van der Waals surface area contributed by atoms with Crippen LogP contribution in [0.25, 0.3) is 0 Å². The smallest absolute Gasteiger partial charge is 0.234 e. The van der Waals surface area contributed by atoms with E-state index in [0.717, 1.165) is 31.1 Å². The lowest BCUT2D eigenvalue weighted by Gasteiger charge is -1.97. The Labute approximate surface area is 80.9 Å². The van der Waals surface area contributed by atoms with E-state index in [4.69, 9.17) is 16.3 Å². The Morgan fingerprint density at radius 1 is 1.58 bits per heavy atom. The first kappa shape index (κ1) is 9.89. The van der Waals surface area contributed by atoms with Gasteiger partial charge in [-0.05, 0) is 36.5 Å². The molecule has 0 amide bonds. The van der Waals surface area contributed by atoms with Crippen LogP contribution in [0.1, 0.15) is 18.4 Å². The fraction of sp³-hybridized carbons (Fsp3) is 0.714. The molecule has 5 heteroatoms. The molecule has 0 aliphatic heterocycles. The van der Waals surface area contributed by atoms with Gasteiger partial charge in [-0.3, -0.25) is 0 Å². The number of ether oxygens (including phenoxy) is 1. The Morgan fingerprint density at radius 2 is 2.42 bits per heavy atom. The van der Waals surface area contributed by atoms with Crippen molar-refractivity contribution in [2.24, 2.45) is 0 Å². The molecule has 0 aliphatic rings. The van der Waals surface area contributed by atoms with Crippen molar-refractivity contribution >= 4 is 23.1 Å². The number of nitrogens with zero attached hydrogens (tertiary/aromatic N) is 2. The van der Waals surface area contributed by atoms with Crippen LogP contribution in [0.3, 0.4) is 0 Å². The molecule has 0 fully saturated rings. The van der Waals surface area contributed by atoms with E-state index in [2.05, 4.69) is 9.36 Å². The first-order valence-corrected chi connectivity index (χ1v) is 5.04. The average Bonchev–Trinajstić information content (AvgIpc) is 2.45. The maximum absolute atomic E-state index is 5.56. The second-order valence-electron chi connectivity index (χ2n) is 2.26. The minimum Gasteiger partial charge on any atom is -0.382 e. The lowest BCUT2D eigenvalue weighted by atomic mass is 10.3. The predicted octanol–water partition coefficient (Wildman–Crippen LogP) is 2.16. The molecule has 12 heavy (non-hydrogen) atoms. The minimum atomic E-state index is 0.353. The van der Waals surface area contributed by atoms with Crippen molar-refractivity contribution < 1.29 is 4.74 Å². The van der Waals surface area contributed by atoms with Crippen LogP contribution in [0.15, 0.2) is 0 Å². The van der Waals surface area contributed by atoms with Gasteiger partial charge in [0.15, 0.2) is 0 Å². The Balaban J connectivity index is 2.15. The summed E-state index contributed by atoms with van der Waals surface area (Å²) in [7, 11) is 0. The second-order valence-corrected chi connectivity index (χ2v) is 3.43. The Kier molecular flexibility index (Phi) is 4.50. The lowest BCUT2D eigenvalue weighted by Crippen LogP contribution is -1.95. The zero-order valence-corrected chi connectivity index (χ0v) is 8.49. The molecule has 0 aromatic carbocycles. The highest BCUT2D eigenvalue weighted by molar-refractivity contribution is 7.05. The largest absolute Gasteiger partial charge is 0.382 e. The highest BCUT2D eigenvalue weighted by Crippen LogP contribution is 2.10. The van der Waals surface area contributed by atoms with Crippen LogP contribution in [0.5, 0.6) is 0 Å². The number of aryl methyl sites for hydroxylation is 1. The van der Waals surface area contributed by atoms with E-state index in [9.17, 15) is 0 Å². The van der Waals surface area contributed by atoms with E-state index in [1.165, 1.54) is 11.5 Å². The molecular weight excluding hydrogens is 196 g/mol. The normalized spacial score (nSPS) is 10.5. The third-order valence-corrected chi connectivity index (χ3v) is 2.37. The summed E-state index contributed by atoms with van der Waals surface area (Å²) in [6.45, 7) is 3.55. The van der Waals surface area contributed by atoms with Crippen molar-refractivity contribution in [2.75, 3.05) is 13.2 Å². The van der Waals surface area contributed by atoms with Gasteiger partial charge in [0, 0.05) is 19.6 Å². The minimum absolute atomic E-state index is 0.353. The monoisotopic (exact) mass is 206 g/mol. The SMILES string of the molecule is CCOCCCc1nc(Cl)ns1. The van der Waals surface area contributed by atoms with Crippen LogP contribution in [0.4, 0.5) is 0 Å². The van der Waals surface area contributed by atoms with Gasteiger partial charge < -0.3 is 4.74 Å². The van der Waals surface area contributed by atoms with Crippen molar-refractivity contribution in [1.82, 2.24) is 9.36 Å². The van der Waals surface area contributed by atoms with Crippen molar-refractivity contribution in [2.45, 2.75) is 19.8 Å². The number of hydrogen-bond acceptors (Lipinski definition) is 4. The van der Waals surface area contributed by atoms with Crippen LogP contribution < -0.4 is 0 Å². The molecule has 0 bridgehead atoms. The van der Waals surface area contributed by atoms with Crippen LogP contribution >= 0.6 is 23.1 Å². The van der Waals surface area contributed by atoms with Gasteiger partial charge in [-0.25, -0.2) is 4.98 Å². The molecule has 3 nitrogen and oxygen atoms in total. The first-order chi connectivity index (χ1) is 5.83. The molecule has 0 saturated carbocycles. The summed E-state index contributed by atoms with van der Waals surface area (Å²) in [5.41, 5.74) is 0. The van der Waals surface area contributed by atoms with Crippen molar-refractivity contribution in [1.29, 1.82) is 0 Å². The van der Waals surface area contributed by atoms with Gasteiger partial charge in [-0.1, -0.05) is 0 Å². The third kappa shape index (κ3) is 3.47. The number of aromatic nitrogens is 2. The molecular formula is C7H11ClN2OS. The van der Waals surface area contributed by atoms with Gasteiger partial charge >= 0.3 is 0 Å². The van der Waals surface area contributed by atoms with E-state index in [0.29, 0.717) is 5.28 Å². The fourth-order valence-corrected chi connectivity index (χ4v) is 1.65. The van der Waals surface area contributed by atoms with Crippen LogP contribution in [-0.2, 0) is 11.2 Å². The molecule has 1 heterocycles. The summed E-state index contributed by atoms with van der Waals surface area (Å²) in [6, 6.07) is 0. The van der Waals surface area contributed by atoms with Crippen molar-refractivity contribution in [3.05, 3.63) is 10.3 Å². The predicted molar refractivity (Wildman–Crippen MR) is 49.7 cm³/mol. The lowest BCUT2D eigenvalue weighted by molar-refractivity contribution is 0.145. The molecule has 0 N–H and O–H groups in total. The number of rotatable bonds is 5. The van der Waals surface area contributed by atoms with E-state index in [-0.39, 0.29) is 0 Å². The molecule has 0 aliphatic carbocycles. The Morgan fingerprint density at radius 3 is 3.00 bits per heavy atom. The quantitative estimate of drug-likeness (QED) is 0.693. The van der Waals surface area contributed by atoms with Gasteiger partial charge in [0.2, 0.25) is 5.28 Å². The zero-order valence-electron chi connectivity index (χ0n) is 6.92. The third-order valence-electron chi connectivity index (χ3n) is 1.33. The number of hydrogen-bond donors (Lipinski definition) is 0. The zero-order chi connectivity index (χ0) is 8.81. The molecule has 68 valence electrons. The second kappa shape index (κ2) is 5.45. The fourth-order valence-electron chi connectivity index (χ4n) is 0.805. The van der Waals surface area contributed by atoms with Crippen LogP contribution in [-0.4, -0.2) is 22.6 Å². The number of halogens is 1. The van der Waals surface area contributed by atoms with Gasteiger partial charge in [0.05, 0.1) is 0 Å². The summed E-state index contributed by atoms with van der Waals surface area (Å²) in [5, 5.41) is 1.34. The summed E-state index contributed by atoms with van der Waals surface area (Å²) in [6.07, 6.45) is 1.89. The van der Waals surface area contributed by atoms with Gasteiger partial charge in [-0.2, -0.15) is 4.37 Å². The average molecular weight is 207 g/mol. The van der Waals surface area contributed by atoms with Gasteiger partial charge in [0.1, 0.15) is 5.01 Å². The molecule has 1 aromatic rings. The van der Waals surface area contributed by atoms with E-state index >= 15 is 0 Å². The maximum Gasteiger partial charge on any atom is 0.234 e. The summed E-state index contributed by atoms with van der Waals surface area (Å²) in [5.74, 6) is 0. The molecule has 0 saturated heterocycles. The standard InChI is InChI=1S/C7H11ClN2OS/c1-2-11-5-3-4-6-9-7(8)10-12-6/h2-5H2,1H3. The van der Waals surface area contributed by atoms with Gasteiger partial charge in [0.25, 0.3) is 0 Å². The Bertz CT molecular complexity index is 229. The highest BCUT2D eigenvalue weighted by atomic mass is 35.5. The highest BCUT2D eigenvalue weighted by Gasteiger charge is 2.00. The summed E-state index contributed by atoms with van der Waals surface area (Å²) >= 11 is 6.92. The molecule has 0 atom stereocenters. The summed E-state index contributed by atoms with van der Waals surface area (Å²) < 4.78 is 9.06. The maximum atomic E-state index is 5.56. The van der Waals surface area contributed by atoms with E-state index in [1.807, 2.05) is 6.92 Å². The van der Waals surface area contributed by atoms with E-state index in [1.54, 1.807) is 0 Å². The van der Waals surface area contributed by atoms with E-state index < -0.39 is 0 Å². The van der Waals surface area contributed by atoms with Gasteiger partial charge in [-0.15, -0.1) is 0 Å². The molecule has 0 spiro atoms. The Hall–Kier alpha value is -0.190. The molecule has 1 rings (SSSR count). The van der Waals surface area contributed by atoms with Crippen molar-refractivity contribution in [3.8, 4) is 0 Å². The molecule has 1 aromatic heterocycles. The van der Waals surface area contributed by atoms with Crippen LogP contribution in [0, 0.1) is 0 Å². The molecule has 0 unspecified atom stereocenters.